The van der Waals surface area contributed by atoms with Gasteiger partial charge in [-0.1, -0.05) is 30.7 Å². The zero-order valence-electron chi connectivity index (χ0n) is 18.3. The van der Waals surface area contributed by atoms with Crippen molar-refractivity contribution in [3.05, 3.63) is 81.9 Å². The average molecular weight is 456 g/mol. The van der Waals surface area contributed by atoms with Crippen molar-refractivity contribution in [2.45, 2.75) is 51.6 Å². The fourth-order valence-electron chi connectivity index (χ4n) is 4.66. The Morgan fingerprint density at radius 1 is 0.818 bits per heavy atom. The predicted molar refractivity (Wildman–Crippen MR) is 118 cm³/mol. The van der Waals surface area contributed by atoms with E-state index in [0.717, 1.165) is 19.3 Å². The topological polar surface area (TPSA) is 18.5 Å². The lowest BCUT2D eigenvalue weighted by Crippen LogP contribution is -2.13. The van der Waals surface area contributed by atoms with Gasteiger partial charge in [0.1, 0.15) is 12.4 Å². The molecule has 0 aromatic heterocycles. The molecule has 1 aliphatic carbocycles. The van der Waals surface area contributed by atoms with Gasteiger partial charge in [0.2, 0.25) is 5.82 Å². The van der Waals surface area contributed by atoms with Gasteiger partial charge < -0.3 is 9.47 Å². The number of ether oxygens (including phenoxy) is 2. The highest BCUT2D eigenvalue weighted by Crippen LogP contribution is 2.43. The molecule has 2 aliphatic rings. The SMILES string of the molecule is CCOc1ccc2c(c1F)OCc1c-2ccc(CCc2ccc(C3CCC3)c(F)c2F)c1F. The maximum absolute atomic E-state index is 15.3. The summed E-state index contributed by atoms with van der Waals surface area (Å²) >= 11 is 0. The molecule has 5 rings (SSSR count). The minimum Gasteiger partial charge on any atom is -0.491 e. The molecule has 1 fully saturated rings. The number of aryl methyl sites for hydroxylation is 2. The quantitative estimate of drug-likeness (QED) is 0.364. The maximum Gasteiger partial charge on any atom is 0.207 e. The summed E-state index contributed by atoms with van der Waals surface area (Å²) in [6, 6.07) is 9.78. The summed E-state index contributed by atoms with van der Waals surface area (Å²) in [5.41, 5.74) is 2.41. The molecule has 0 radical (unpaired) electrons. The van der Waals surface area contributed by atoms with Crippen LogP contribution in [0.1, 0.15) is 54.4 Å². The summed E-state index contributed by atoms with van der Waals surface area (Å²) in [4.78, 5) is 0. The van der Waals surface area contributed by atoms with E-state index in [1.807, 2.05) is 0 Å². The normalized spacial score (nSPS) is 14.8. The Balaban J connectivity index is 1.39. The molecule has 1 saturated carbocycles. The predicted octanol–water partition coefficient (Wildman–Crippen LogP) is 7.25. The molecule has 172 valence electrons. The molecule has 1 heterocycles. The van der Waals surface area contributed by atoms with E-state index < -0.39 is 23.3 Å². The van der Waals surface area contributed by atoms with Crippen LogP contribution in [0.5, 0.6) is 11.5 Å². The third-order valence-corrected chi connectivity index (χ3v) is 6.74. The standard InChI is InChI=1S/C27H24F4O2/c1-2-32-22-13-12-20-19-11-9-16(23(28)21(19)14-33-27(20)26(22)31)6-7-17-8-10-18(15-4-3-5-15)25(30)24(17)29/h8-13,15H,2-7,14H2,1H3. The van der Waals surface area contributed by atoms with E-state index in [1.165, 1.54) is 6.07 Å². The van der Waals surface area contributed by atoms with Gasteiger partial charge in [-0.2, -0.15) is 4.39 Å². The third kappa shape index (κ3) is 3.75. The molecular formula is C27H24F4O2. The van der Waals surface area contributed by atoms with Crippen LogP contribution in [0, 0.1) is 23.3 Å². The highest BCUT2D eigenvalue weighted by molar-refractivity contribution is 5.76. The summed E-state index contributed by atoms with van der Waals surface area (Å²) < 4.78 is 69.9. The molecular weight excluding hydrogens is 432 g/mol. The molecule has 0 atom stereocenters. The van der Waals surface area contributed by atoms with Gasteiger partial charge in [0.15, 0.2) is 23.1 Å². The van der Waals surface area contributed by atoms with Crippen LogP contribution < -0.4 is 9.47 Å². The van der Waals surface area contributed by atoms with Crippen molar-refractivity contribution in [3.8, 4) is 22.6 Å². The van der Waals surface area contributed by atoms with Crippen molar-refractivity contribution in [1.82, 2.24) is 0 Å². The van der Waals surface area contributed by atoms with E-state index in [1.54, 1.807) is 37.3 Å². The Morgan fingerprint density at radius 3 is 2.21 bits per heavy atom. The zero-order valence-corrected chi connectivity index (χ0v) is 18.3. The molecule has 0 N–H and O–H groups in total. The van der Waals surface area contributed by atoms with E-state index in [9.17, 15) is 13.2 Å². The highest BCUT2D eigenvalue weighted by Gasteiger charge is 2.27. The number of halogens is 4. The van der Waals surface area contributed by atoms with Crippen LogP contribution in [0.2, 0.25) is 0 Å². The Morgan fingerprint density at radius 2 is 1.52 bits per heavy atom. The molecule has 0 amide bonds. The smallest absolute Gasteiger partial charge is 0.207 e. The molecule has 33 heavy (non-hydrogen) atoms. The molecule has 0 bridgehead atoms. The maximum atomic E-state index is 15.3. The van der Waals surface area contributed by atoms with Crippen LogP contribution in [-0.4, -0.2) is 6.61 Å². The third-order valence-electron chi connectivity index (χ3n) is 6.74. The van der Waals surface area contributed by atoms with Crippen molar-refractivity contribution >= 4 is 0 Å². The van der Waals surface area contributed by atoms with Gasteiger partial charge in [-0.25, -0.2) is 13.2 Å². The molecule has 0 unspecified atom stereocenters. The average Bonchev–Trinajstić information content (AvgIpc) is 2.78. The van der Waals surface area contributed by atoms with Crippen LogP contribution >= 0.6 is 0 Å². The van der Waals surface area contributed by atoms with Gasteiger partial charge in [-0.05, 0) is 72.9 Å². The van der Waals surface area contributed by atoms with Crippen LogP contribution in [0.25, 0.3) is 11.1 Å². The summed E-state index contributed by atoms with van der Waals surface area (Å²) in [7, 11) is 0. The Labute approximate surface area is 190 Å². The van der Waals surface area contributed by atoms with Crippen LogP contribution in [-0.2, 0) is 19.4 Å². The summed E-state index contributed by atoms with van der Waals surface area (Å²) in [5.74, 6) is -2.44. The Hall–Kier alpha value is -3.02. The zero-order chi connectivity index (χ0) is 23.1. The van der Waals surface area contributed by atoms with Crippen molar-refractivity contribution < 1.29 is 27.0 Å². The Bertz CT molecular complexity index is 1220. The minimum absolute atomic E-state index is 0.0460. The van der Waals surface area contributed by atoms with Gasteiger partial charge in [0.25, 0.3) is 0 Å². The highest BCUT2D eigenvalue weighted by atomic mass is 19.2. The van der Waals surface area contributed by atoms with Crippen molar-refractivity contribution in [2.24, 2.45) is 0 Å². The summed E-state index contributed by atoms with van der Waals surface area (Å²) in [6.45, 7) is 1.96. The molecule has 0 spiro atoms. The van der Waals surface area contributed by atoms with E-state index in [0.29, 0.717) is 34.4 Å². The largest absolute Gasteiger partial charge is 0.491 e. The molecule has 6 heteroatoms. The van der Waals surface area contributed by atoms with E-state index in [-0.39, 0.29) is 42.4 Å². The molecule has 3 aromatic carbocycles. The summed E-state index contributed by atoms with van der Waals surface area (Å²) in [5, 5.41) is 0. The first-order chi connectivity index (χ1) is 16.0. The molecule has 0 saturated heterocycles. The molecule has 1 aliphatic heterocycles. The second-order valence-corrected chi connectivity index (χ2v) is 8.61. The molecule has 2 nitrogen and oxygen atoms in total. The number of benzene rings is 3. The van der Waals surface area contributed by atoms with Crippen LogP contribution in [0.4, 0.5) is 17.6 Å². The lowest BCUT2D eigenvalue weighted by Gasteiger charge is -2.26. The van der Waals surface area contributed by atoms with Gasteiger partial charge in [-0.15, -0.1) is 0 Å². The molecule has 3 aromatic rings. The number of rotatable bonds is 6. The monoisotopic (exact) mass is 456 g/mol. The summed E-state index contributed by atoms with van der Waals surface area (Å²) in [6.07, 6.45) is 3.20. The first kappa shape index (κ1) is 21.8. The van der Waals surface area contributed by atoms with Gasteiger partial charge in [0.05, 0.1) is 6.61 Å². The van der Waals surface area contributed by atoms with Crippen molar-refractivity contribution in [2.75, 3.05) is 6.61 Å². The van der Waals surface area contributed by atoms with Crippen molar-refractivity contribution in [3.63, 3.8) is 0 Å². The van der Waals surface area contributed by atoms with Crippen molar-refractivity contribution in [1.29, 1.82) is 0 Å². The van der Waals surface area contributed by atoms with Crippen LogP contribution in [0.3, 0.4) is 0 Å². The van der Waals surface area contributed by atoms with Gasteiger partial charge >= 0.3 is 0 Å². The number of hydrogen-bond acceptors (Lipinski definition) is 2. The Kier molecular flexibility index (Phi) is 5.77. The van der Waals surface area contributed by atoms with Crippen LogP contribution in [0.15, 0.2) is 36.4 Å². The van der Waals surface area contributed by atoms with E-state index in [2.05, 4.69) is 0 Å². The first-order valence-corrected chi connectivity index (χ1v) is 11.3. The van der Waals surface area contributed by atoms with E-state index >= 15 is 4.39 Å². The fraction of sp³-hybridized carbons (Fsp3) is 0.333. The van der Waals surface area contributed by atoms with Gasteiger partial charge in [-0.3, -0.25) is 0 Å². The lowest BCUT2D eigenvalue weighted by molar-refractivity contribution is 0.266. The number of fused-ring (bicyclic) bond motifs is 3. The lowest BCUT2D eigenvalue weighted by atomic mass is 9.79. The first-order valence-electron chi connectivity index (χ1n) is 11.3. The van der Waals surface area contributed by atoms with Gasteiger partial charge in [0, 0.05) is 11.1 Å². The second kappa shape index (κ2) is 8.73. The minimum atomic E-state index is -0.837. The number of hydrogen-bond donors (Lipinski definition) is 0. The second-order valence-electron chi connectivity index (χ2n) is 8.61. The fourth-order valence-corrected chi connectivity index (χ4v) is 4.66. The van der Waals surface area contributed by atoms with E-state index in [4.69, 9.17) is 9.47 Å².